The molecule has 0 saturated carbocycles. The van der Waals surface area contributed by atoms with Crippen molar-refractivity contribution in [3.63, 3.8) is 0 Å². The maximum Gasteiger partial charge on any atom is 0.193 e. The van der Waals surface area contributed by atoms with Crippen LogP contribution in [0.5, 0.6) is 11.5 Å². The number of ketones is 2. The molecule has 1 heterocycles. The molecule has 1 aliphatic heterocycles. The molecule has 10 nitrogen and oxygen atoms in total. The third-order valence-electron chi connectivity index (χ3n) is 7.32. The Morgan fingerprint density at radius 2 is 0.740 bits per heavy atom. The van der Waals surface area contributed by atoms with Crippen LogP contribution in [-0.4, -0.2) is 60.9 Å². The highest BCUT2D eigenvalue weighted by molar-refractivity contribution is 6.31. The monoisotopic (exact) mass is 722 g/mol. The van der Waals surface area contributed by atoms with Crippen LogP contribution in [0.15, 0.2) is 97.1 Å². The van der Waals surface area contributed by atoms with Crippen LogP contribution in [0.2, 0.25) is 10.0 Å². The summed E-state index contributed by atoms with van der Waals surface area (Å²) in [5.74, 6) is -2.23. The number of carbonyl (C=O) groups is 4. The molecule has 0 aromatic heterocycles. The molecule has 5 rings (SSSR count). The highest BCUT2D eigenvalue weighted by Crippen LogP contribution is 2.22. The average molecular weight is 724 g/mol. The standard InChI is InChI=1S/2C17H15ClO4.C4H10N2/c2*1-17(2,16(20)21)22-14-9-5-12(6-10-14)15(19)11-3-7-13(18)8-4-11;1-2-6-4-3-5-1/h2*3-10H,1-2H3,(H,20,21);5-6H,1-4H2. The topological polar surface area (TPSA) is 166 Å². The van der Waals surface area contributed by atoms with Gasteiger partial charge in [0.25, 0.3) is 0 Å². The van der Waals surface area contributed by atoms with Crippen LogP contribution in [-0.2, 0) is 9.59 Å². The number of hydrogen-bond acceptors (Lipinski definition) is 8. The number of carbonyl (C=O) groups excluding carboxylic acids is 4. The molecule has 1 fully saturated rings. The summed E-state index contributed by atoms with van der Waals surface area (Å²) < 4.78 is 10.7. The molecule has 4 aromatic carbocycles. The lowest BCUT2D eigenvalue weighted by atomic mass is 10.0. The zero-order valence-corrected chi connectivity index (χ0v) is 29.8. The number of piperazine rings is 1. The van der Waals surface area contributed by atoms with Crippen LogP contribution in [0.25, 0.3) is 0 Å². The van der Waals surface area contributed by atoms with E-state index in [9.17, 15) is 29.4 Å². The quantitative estimate of drug-likeness (QED) is 0.235. The second kappa shape index (κ2) is 18.3. The van der Waals surface area contributed by atoms with E-state index in [1.165, 1.54) is 53.9 Å². The second-order valence-corrected chi connectivity index (χ2v) is 13.1. The lowest BCUT2D eigenvalue weighted by molar-refractivity contribution is -0.787. The van der Waals surface area contributed by atoms with Crippen LogP contribution in [0.4, 0.5) is 0 Å². The molecule has 0 bridgehead atoms. The Hall–Kier alpha value is -4.74. The Balaban J connectivity index is 0.000000231. The normalized spacial score (nSPS) is 12.6. The number of halogens is 2. The van der Waals surface area contributed by atoms with Gasteiger partial charge < -0.3 is 39.9 Å². The molecule has 50 heavy (non-hydrogen) atoms. The fourth-order valence-corrected chi connectivity index (χ4v) is 4.57. The molecule has 0 radical (unpaired) electrons. The number of aliphatic carboxylic acids is 2. The van der Waals surface area contributed by atoms with E-state index in [1.54, 1.807) is 97.1 Å². The maximum absolute atomic E-state index is 12.3. The zero-order valence-electron chi connectivity index (χ0n) is 28.2. The molecule has 0 unspecified atom stereocenters. The fourth-order valence-electron chi connectivity index (χ4n) is 4.32. The van der Waals surface area contributed by atoms with Gasteiger partial charge in [-0.1, -0.05) is 23.2 Å². The van der Waals surface area contributed by atoms with Crippen LogP contribution in [0, 0.1) is 0 Å². The van der Waals surface area contributed by atoms with Gasteiger partial charge in [-0.15, -0.1) is 0 Å². The zero-order chi connectivity index (χ0) is 36.9. The van der Waals surface area contributed by atoms with Gasteiger partial charge in [-0.2, -0.15) is 0 Å². The molecule has 4 N–H and O–H groups in total. The van der Waals surface area contributed by atoms with Crippen molar-refractivity contribution in [3.8, 4) is 11.5 Å². The molecular weight excluding hydrogens is 683 g/mol. The second-order valence-electron chi connectivity index (χ2n) is 12.3. The fraction of sp³-hybridized carbons (Fsp3) is 0.263. The van der Waals surface area contributed by atoms with E-state index in [1.807, 2.05) is 0 Å². The lowest BCUT2D eigenvalue weighted by Gasteiger charge is -2.27. The highest BCUT2D eigenvalue weighted by atomic mass is 35.5. The van der Waals surface area contributed by atoms with Gasteiger partial charge in [0, 0.05) is 32.3 Å². The van der Waals surface area contributed by atoms with Gasteiger partial charge in [0.1, 0.15) is 48.9 Å². The molecule has 264 valence electrons. The van der Waals surface area contributed by atoms with E-state index in [2.05, 4.69) is 10.6 Å². The summed E-state index contributed by atoms with van der Waals surface area (Å²) in [4.78, 5) is 46.4. The molecule has 4 aromatic rings. The minimum absolute atomic E-state index is 0.151. The van der Waals surface area contributed by atoms with Crippen molar-refractivity contribution in [2.75, 3.05) is 26.2 Å². The van der Waals surface area contributed by atoms with Gasteiger partial charge in [-0.05, 0) is 125 Å². The van der Waals surface area contributed by atoms with Gasteiger partial charge in [-0.25, -0.2) is 0 Å². The summed E-state index contributed by atoms with van der Waals surface area (Å²) in [5, 5.41) is 27.7. The van der Waals surface area contributed by atoms with Crippen molar-refractivity contribution >= 4 is 46.7 Å². The Labute approximate surface area is 301 Å². The Kier molecular flexibility index (Phi) is 14.5. The first-order valence-electron chi connectivity index (χ1n) is 15.8. The Morgan fingerprint density at radius 1 is 0.500 bits per heavy atom. The molecule has 1 saturated heterocycles. The smallest absolute Gasteiger partial charge is 0.193 e. The third kappa shape index (κ3) is 12.3. The van der Waals surface area contributed by atoms with Gasteiger partial charge in [0.05, 0.1) is 11.9 Å². The number of ether oxygens (including phenoxy) is 2. The minimum Gasteiger partial charge on any atom is -0.546 e. The molecule has 1 aliphatic rings. The van der Waals surface area contributed by atoms with E-state index in [-0.39, 0.29) is 11.6 Å². The molecule has 0 spiro atoms. The van der Waals surface area contributed by atoms with Crippen molar-refractivity contribution in [1.29, 1.82) is 0 Å². The number of rotatable bonds is 10. The summed E-state index contributed by atoms with van der Waals surface area (Å²) in [5.41, 5.74) is -0.897. The van der Waals surface area contributed by atoms with E-state index in [0.29, 0.717) is 43.8 Å². The summed E-state index contributed by atoms with van der Waals surface area (Å²) in [6, 6.07) is 25.7. The molecule has 12 heteroatoms. The van der Waals surface area contributed by atoms with Gasteiger partial charge in [0.15, 0.2) is 11.6 Å². The number of quaternary nitrogens is 2. The highest BCUT2D eigenvalue weighted by Gasteiger charge is 2.22. The van der Waals surface area contributed by atoms with Crippen LogP contribution in [0.1, 0.15) is 59.5 Å². The van der Waals surface area contributed by atoms with Gasteiger partial charge >= 0.3 is 0 Å². The summed E-state index contributed by atoms with van der Waals surface area (Å²) in [6.45, 7) is 10.9. The predicted octanol–water partition coefficient (Wildman–Crippen LogP) is 2.08. The van der Waals surface area contributed by atoms with E-state index >= 15 is 0 Å². The molecule has 0 amide bonds. The average Bonchev–Trinajstić information content (AvgIpc) is 3.10. The minimum atomic E-state index is -1.44. The van der Waals surface area contributed by atoms with Crippen molar-refractivity contribution in [1.82, 2.24) is 0 Å². The number of nitrogens with two attached hydrogens (primary N) is 2. The third-order valence-corrected chi connectivity index (χ3v) is 7.83. The van der Waals surface area contributed by atoms with Crippen molar-refractivity contribution < 1.29 is 49.5 Å². The summed E-state index contributed by atoms with van der Waals surface area (Å²) >= 11 is 11.6. The molecule has 0 aliphatic carbocycles. The molecule has 0 atom stereocenters. The Morgan fingerprint density at radius 3 is 0.960 bits per heavy atom. The van der Waals surface area contributed by atoms with Crippen LogP contribution < -0.4 is 30.3 Å². The summed E-state index contributed by atoms with van der Waals surface area (Å²) in [6.07, 6.45) is 0. The van der Waals surface area contributed by atoms with E-state index < -0.39 is 23.1 Å². The first-order valence-corrected chi connectivity index (χ1v) is 16.6. The van der Waals surface area contributed by atoms with Gasteiger partial charge in [0.2, 0.25) is 0 Å². The largest absolute Gasteiger partial charge is 0.546 e. The molecular formula is C38H40Cl2N2O8. The van der Waals surface area contributed by atoms with Gasteiger partial charge in [-0.3, -0.25) is 9.59 Å². The number of benzene rings is 4. The van der Waals surface area contributed by atoms with Crippen molar-refractivity contribution in [2.24, 2.45) is 0 Å². The lowest BCUT2D eigenvalue weighted by Crippen LogP contribution is -3.04. The first-order chi connectivity index (χ1) is 23.6. The van der Waals surface area contributed by atoms with E-state index in [0.717, 1.165) is 0 Å². The predicted molar refractivity (Wildman–Crippen MR) is 185 cm³/mol. The Bertz CT molecular complexity index is 1600. The number of carboxylic acid groups (broad SMARTS) is 2. The first kappa shape index (κ1) is 39.7. The summed E-state index contributed by atoms with van der Waals surface area (Å²) in [7, 11) is 0. The van der Waals surface area contributed by atoms with E-state index in [4.69, 9.17) is 32.7 Å². The maximum atomic E-state index is 12.3. The SMILES string of the molecule is C1C[NH2+]CC[NH2+]1.CC(C)(Oc1ccc(C(=O)c2ccc(Cl)cc2)cc1)C(=O)[O-].CC(C)(Oc1ccc(C(=O)c2ccc(Cl)cc2)cc1)C(=O)[O-]. The van der Waals surface area contributed by atoms with Crippen LogP contribution in [0.3, 0.4) is 0 Å². The number of carboxylic acids is 2. The number of hydrogen-bond donors (Lipinski definition) is 2. The van der Waals surface area contributed by atoms with Crippen molar-refractivity contribution in [3.05, 3.63) is 129 Å². The van der Waals surface area contributed by atoms with Crippen LogP contribution >= 0.6 is 23.2 Å². The van der Waals surface area contributed by atoms with Crippen molar-refractivity contribution in [2.45, 2.75) is 38.9 Å².